The van der Waals surface area contributed by atoms with Crippen molar-refractivity contribution in [3.8, 4) is 0 Å². The molecule has 8 nitrogen and oxygen atoms in total. The van der Waals surface area contributed by atoms with Crippen molar-refractivity contribution in [3.05, 3.63) is 0 Å². The first-order valence-corrected chi connectivity index (χ1v) is 25.0. The molecule has 0 radical (unpaired) electrons. The fourth-order valence-corrected chi connectivity index (χ4v) is 15.6. The van der Waals surface area contributed by atoms with E-state index in [0.717, 1.165) is 40.8 Å². The number of hydrogen-bond acceptors (Lipinski definition) is 9. The molecule has 9 rings (SSSR count). The highest BCUT2D eigenvalue weighted by Crippen LogP contribution is 2.47. The van der Waals surface area contributed by atoms with Crippen molar-refractivity contribution >= 4 is 11.8 Å². The molecule has 9 fully saturated rings. The third-order valence-electron chi connectivity index (χ3n) is 16.7. The molecule has 0 aromatic heterocycles. The van der Waals surface area contributed by atoms with Crippen LogP contribution in [0.1, 0.15) is 167 Å². The second kappa shape index (κ2) is 18.3. The summed E-state index contributed by atoms with van der Waals surface area (Å²) >= 11 is 2.36. The van der Waals surface area contributed by atoms with Gasteiger partial charge in [-0.3, -0.25) is 42.5 Å². The number of nitrogens with one attached hydrogen (secondary N) is 8. The highest BCUT2D eigenvalue weighted by atomic mass is 32.2. The van der Waals surface area contributed by atoms with Crippen LogP contribution in [0.4, 0.5) is 0 Å². The first-order valence-electron chi connectivity index (χ1n) is 23.9. The summed E-state index contributed by atoms with van der Waals surface area (Å²) in [6, 6.07) is 0. The molecule has 0 aromatic rings. The van der Waals surface area contributed by atoms with Gasteiger partial charge in [0.25, 0.3) is 0 Å². The van der Waals surface area contributed by atoms with Gasteiger partial charge in [0.05, 0.1) is 49.3 Å². The van der Waals surface area contributed by atoms with Gasteiger partial charge in [0.2, 0.25) is 0 Å². The summed E-state index contributed by atoms with van der Waals surface area (Å²) in [5, 5.41) is 35.4. The number of rotatable bonds is 12. The summed E-state index contributed by atoms with van der Waals surface area (Å²) < 4.78 is 0. The van der Waals surface area contributed by atoms with E-state index in [0.29, 0.717) is 61.2 Å². The predicted octanol–water partition coefficient (Wildman–Crippen LogP) is 7.24. The summed E-state index contributed by atoms with van der Waals surface area (Å²) in [5.74, 6) is 7.14. The van der Waals surface area contributed by atoms with Crippen LogP contribution in [-0.4, -0.2) is 60.3 Å². The Morgan fingerprint density at radius 3 is 1.06 bits per heavy atom. The molecule has 0 spiro atoms. The standard InChI is InChI=1S/C44H80N8S/c1-2-3-4-5-6-7-8-9-10-17-27-53-35-26-18-25-34-36(35)44-51-42-33-24-16-15-23-32(33)40(49-42)47-38-29-20-12-11-19-28(29)37(45-38)46-39-30-21-13-14-22-31(30)41(48-39)50-43(34)52-44/h28-52H,2-27H2,1H3. The van der Waals surface area contributed by atoms with Gasteiger partial charge in [0, 0.05) is 11.2 Å². The van der Waals surface area contributed by atoms with Crippen molar-refractivity contribution in [1.29, 1.82) is 0 Å². The van der Waals surface area contributed by atoms with Crippen molar-refractivity contribution < 1.29 is 0 Å². The maximum atomic E-state index is 4.42. The molecule has 9 aliphatic rings. The van der Waals surface area contributed by atoms with E-state index in [9.17, 15) is 0 Å². The zero-order valence-corrected chi connectivity index (χ0v) is 34.4. The summed E-state index contributed by atoms with van der Waals surface area (Å²) in [4.78, 5) is 0. The molecule has 53 heavy (non-hydrogen) atoms. The second-order valence-electron chi connectivity index (χ2n) is 19.8. The maximum Gasteiger partial charge on any atom is 0.0639 e. The zero-order valence-electron chi connectivity index (χ0n) is 33.6. The van der Waals surface area contributed by atoms with Crippen molar-refractivity contribution in [2.45, 2.75) is 222 Å². The first kappa shape index (κ1) is 38.5. The molecular weight excluding hydrogens is 673 g/mol. The lowest BCUT2D eigenvalue weighted by molar-refractivity contribution is 0.169. The van der Waals surface area contributed by atoms with Crippen molar-refractivity contribution in [1.82, 2.24) is 42.5 Å². The fourth-order valence-electron chi connectivity index (χ4n) is 14.0. The minimum absolute atomic E-state index is 0.379. The average molecular weight is 753 g/mol. The summed E-state index contributed by atoms with van der Waals surface area (Å²) in [7, 11) is 0. The number of fused-ring (bicyclic) bond motifs is 20. The molecular formula is C44H80N8S. The van der Waals surface area contributed by atoms with Gasteiger partial charge in [0.1, 0.15) is 0 Å². The summed E-state index contributed by atoms with van der Waals surface area (Å²) in [6.45, 7) is 2.32. The van der Waals surface area contributed by atoms with Crippen LogP contribution in [0.5, 0.6) is 0 Å². The highest BCUT2D eigenvalue weighted by molar-refractivity contribution is 7.99. The van der Waals surface area contributed by atoms with Gasteiger partial charge >= 0.3 is 0 Å². The SMILES string of the molecule is CCCCCCCCCCCCSC1CCCC2C3NC4NC(NC5NC(NC6NC(NC(N3)C12)C1CCCCC61)C1CCCCC51)C1CCCCC41. The fraction of sp³-hybridized carbons (Fsp3) is 1.00. The molecule has 0 aromatic carbocycles. The molecule has 8 bridgehead atoms. The predicted molar refractivity (Wildman–Crippen MR) is 221 cm³/mol. The molecule has 5 aliphatic heterocycles. The number of thioether (sulfide) groups is 1. The summed E-state index contributed by atoms with van der Waals surface area (Å²) in [6.07, 6.45) is 38.3. The van der Waals surface area contributed by atoms with Crippen LogP contribution in [0.2, 0.25) is 0 Å². The second-order valence-corrected chi connectivity index (χ2v) is 21.1. The van der Waals surface area contributed by atoms with Gasteiger partial charge in [0.15, 0.2) is 0 Å². The van der Waals surface area contributed by atoms with Crippen LogP contribution < -0.4 is 42.5 Å². The van der Waals surface area contributed by atoms with E-state index in [-0.39, 0.29) is 0 Å². The van der Waals surface area contributed by atoms with Crippen molar-refractivity contribution in [3.63, 3.8) is 0 Å². The Kier molecular flexibility index (Phi) is 13.3. The van der Waals surface area contributed by atoms with Gasteiger partial charge in [-0.15, -0.1) is 0 Å². The van der Waals surface area contributed by atoms with Crippen LogP contribution >= 0.6 is 11.8 Å². The Balaban J connectivity index is 0.912. The number of hydrogen-bond donors (Lipinski definition) is 8. The van der Waals surface area contributed by atoms with Crippen LogP contribution in [-0.2, 0) is 0 Å². The third-order valence-corrected chi connectivity index (χ3v) is 18.2. The molecule has 9 heteroatoms. The molecule has 0 amide bonds. The van der Waals surface area contributed by atoms with E-state index in [1.165, 1.54) is 166 Å². The van der Waals surface area contributed by atoms with Gasteiger partial charge in [-0.25, -0.2) is 0 Å². The van der Waals surface area contributed by atoms with E-state index in [1.807, 2.05) is 0 Å². The Labute approximate surface area is 328 Å². The lowest BCUT2D eigenvalue weighted by Crippen LogP contribution is -2.62. The normalized spacial score (nSPS) is 47.8. The van der Waals surface area contributed by atoms with Gasteiger partial charge in [-0.2, -0.15) is 11.8 Å². The van der Waals surface area contributed by atoms with Gasteiger partial charge in [-0.1, -0.05) is 110 Å². The molecule has 302 valence electrons. The molecule has 4 saturated carbocycles. The Morgan fingerprint density at radius 2 is 0.660 bits per heavy atom. The lowest BCUT2D eigenvalue weighted by Gasteiger charge is -2.39. The van der Waals surface area contributed by atoms with Gasteiger partial charge < -0.3 is 0 Å². The quantitative estimate of drug-likeness (QED) is 0.0983. The zero-order chi connectivity index (χ0) is 35.6. The minimum Gasteiger partial charge on any atom is -0.286 e. The number of unbranched alkanes of at least 4 members (excludes halogenated alkanes) is 9. The highest BCUT2D eigenvalue weighted by Gasteiger charge is 2.55. The molecule has 8 N–H and O–H groups in total. The van der Waals surface area contributed by atoms with Gasteiger partial charge in [-0.05, 0) is 105 Å². The topological polar surface area (TPSA) is 96.2 Å². The molecule has 17 atom stereocenters. The minimum atomic E-state index is 0.379. The first-order chi connectivity index (χ1) is 26.2. The Hall–Kier alpha value is 0.0300. The monoisotopic (exact) mass is 753 g/mol. The maximum absolute atomic E-state index is 4.42. The third kappa shape index (κ3) is 8.47. The molecule has 5 heterocycles. The lowest BCUT2D eigenvalue weighted by atomic mass is 9.76. The average Bonchev–Trinajstić information content (AvgIpc) is 3.93. The van der Waals surface area contributed by atoms with Crippen LogP contribution in [0, 0.1) is 47.3 Å². The molecule has 17 unspecified atom stereocenters. The van der Waals surface area contributed by atoms with E-state index >= 15 is 0 Å². The van der Waals surface area contributed by atoms with E-state index in [1.54, 1.807) is 0 Å². The van der Waals surface area contributed by atoms with Crippen LogP contribution in [0.25, 0.3) is 0 Å². The molecule has 4 aliphatic carbocycles. The van der Waals surface area contributed by atoms with Crippen molar-refractivity contribution in [2.24, 2.45) is 47.3 Å². The van der Waals surface area contributed by atoms with Crippen LogP contribution in [0.3, 0.4) is 0 Å². The van der Waals surface area contributed by atoms with Crippen molar-refractivity contribution in [2.75, 3.05) is 5.75 Å². The van der Waals surface area contributed by atoms with Crippen LogP contribution in [0.15, 0.2) is 0 Å². The summed E-state index contributed by atoms with van der Waals surface area (Å²) in [5.41, 5.74) is 0. The molecule has 5 saturated heterocycles. The smallest absolute Gasteiger partial charge is 0.0639 e. The largest absolute Gasteiger partial charge is 0.286 e. The van der Waals surface area contributed by atoms with E-state index in [4.69, 9.17) is 0 Å². The van der Waals surface area contributed by atoms with E-state index in [2.05, 4.69) is 61.2 Å². The Bertz CT molecular complexity index is 1140. The Morgan fingerprint density at radius 1 is 0.340 bits per heavy atom. The van der Waals surface area contributed by atoms with E-state index < -0.39 is 0 Å².